The Morgan fingerprint density at radius 1 is 1.80 bits per heavy atom. The molecule has 0 saturated carbocycles. The molecule has 0 radical (unpaired) electrons. The fourth-order valence-electron chi connectivity index (χ4n) is 0.294. The molecule has 0 aromatic rings. The highest BCUT2D eigenvalue weighted by molar-refractivity contribution is 9.12. The van der Waals surface area contributed by atoms with Crippen molar-refractivity contribution >= 4 is 37.8 Å². The molecule has 0 heterocycles. The molecule has 0 aromatic heterocycles. The first-order chi connectivity index (χ1) is 4.72. The predicted octanol–water partition coefficient (Wildman–Crippen LogP) is 1.87. The summed E-state index contributed by atoms with van der Waals surface area (Å²) in [5.74, 6) is -0.267. The van der Waals surface area contributed by atoms with Crippen molar-refractivity contribution in [2.75, 3.05) is 11.9 Å². The van der Waals surface area contributed by atoms with Crippen molar-refractivity contribution in [3.05, 3.63) is 12.7 Å². The summed E-state index contributed by atoms with van der Waals surface area (Å²) >= 11 is 6.25. The lowest BCUT2D eigenvalue weighted by molar-refractivity contribution is -0.141. The molecular weight excluding hydrogens is 264 g/mol. The van der Waals surface area contributed by atoms with E-state index in [0.29, 0.717) is 5.33 Å². The molecule has 0 saturated heterocycles. The summed E-state index contributed by atoms with van der Waals surface area (Å²) in [7, 11) is 0. The quantitative estimate of drug-likeness (QED) is 0.443. The molecule has 0 spiro atoms. The summed E-state index contributed by atoms with van der Waals surface area (Å²) in [6.07, 6.45) is 1.53. The number of alkyl halides is 2. The van der Waals surface area contributed by atoms with Gasteiger partial charge >= 0.3 is 5.97 Å². The van der Waals surface area contributed by atoms with E-state index in [1.165, 1.54) is 6.08 Å². The number of hydrogen-bond donors (Lipinski definition) is 0. The Labute approximate surface area is 76.9 Å². The summed E-state index contributed by atoms with van der Waals surface area (Å²) in [5, 5.41) is 0.559. The van der Waals surface area contributed by atoms with Crippen molar-refractivity contribution in [2.24, 2.45) is 0 Å². The van der Waals surface area contributed by atoms with Crippen LogP contribution < -0.4 is 0 Å². The monoisotopic (exact) mass is 270 g/mol. The third-order valence-electron chi connectivity index (χ3n) is 0.735. The van der Waals surface area contributed by atoms with Gasteiger partial charge in [0.05, 0.1) is 0 Å². The molecule has 0 aliphatic heterocycles. The van der Waals surface area contributed by atoms with E-state index in [-0.39, 0.29) is 17.4 Å². The van der Waals surface area contributed by atoms with E-state index in [2.05, 4.69) is 38.4 Å². The minimum absolute atomic E-state index is 0.257. The Balaban J connectivity index is 3.51. The average molecular weight is 272 g/mol. The highest BCUT2D eigenvalue weighted by Gasteiger charge is 2.13. The van der Waals surface area contributed by atoms with Gasteiger partial charge in [-0.15, -0.1) is 0 Å². The van der Waals surface area contributed by atoms with Gasteiger partial charge in [0, 0.05) is 5.33 Å². The molecule has 58 valence electrons. The average Bonchev–Trinajstić information content (AvgIpc) is 1.98. The maximum atomic E-state index is 10.8. The Bertz CT molecular complexity index is 125. The van der Waals surface area contributed by atoms with Crippen molar-refractivity contribution in [1.29, 1.82) is 0 Å². The predicted molar refractivity (Wildman–Crippen MR) is 47.7 cm³/mol. The Kier molecular flexibility index (Phi) is 6.02. The second-order valence-corrected chi connectivity index (χ2v) is 3.29. The van der Waals surface area contributed by atoms with Crippen LogP contribution in [0.3, 0.4) is 0 Å². The van der Waals surface area contributed by atoms with Gasteiger partial charge in [0.2, 0.25) is 0 Å². The lowest BCUT2D eigenvalue weighted by atomic mass is 10.5. The van der Waals surface area contributed by atoms with Crippen molar-refractivity contribution in [3.8, 4) is 0 Å². The number of rotatable bonds is 4. The summed E-state index contributed by atoms with van der Waals surface area (Å²) in [6.45, 7) is 3.69. The lowest BCUT2D eigenvalue weighted by Crippen LogP contribution is -2.18. The Morgan fingerprint density at radius 2 is 2.40 bits per heavy atom. The van der Waals surface area contributed by atoms with Gasteiger partial charge in [-0.2, -0.15) is 0 Å². The van der Waals surface area contributed by atoms with Crippen molar-refractivity contribution in [2.45, 2.75) is 4.83 Å². The molecule has 0 rings (SSSR count). The van der Waals surface area contributed by atoms with Crippen LogP contribution in [0, 0.1) is 0 Å². The Morgan fingerprint density at radius 3 is 2.80 bits per heavy atom. The van der Waals surface area contributed by atoms with Crippen LogP contribution in [0.2, 0.25) is 0 Å². The highest BCUT2D eigenvalue weighted by Crippen LogP contribution is 2.05. The summed E-state index contributed by atoms with van der Waals surface area (Å²) < 4.78 is 4.71. The Hall–Kier alpha value is 0.170. The van der Waals surface area contributed by atoms with Gasteiger partial charge in [0.15, 0.2) is 0 Å². The third-order valence-corrected chi connectivity index (χ3v) is 2.95. The summed E-state index contributed by atoms with van der Waals surface area (Å²) in [5.41, 5.74) is 0. The van der Waals surface area contributed by atoms with Gasteiger partial charge in [-0.05, 0) is 0 Å². The highest BCUT2D eigenvalue weighted by atomic mass is 79.9. The van der Waals surface area contributed by atoms with E-state index in [0.717, 1.165) is 0 Å². The summed E-state index contributed by atoms with van der Waals surface area (Å²) in [6, 6.07) is 0. The van der Waals surface area contributed by atoms with Gasteiger partial charge in [-0.25, -0.2) is 0 Å². The molecule has 2 nitrogen and oxygen atoms in total. The first kappa shape index (κ1) is 10.2. The molecule has 0 N–H and O–H groups in total. The van der Waals surface area contributed by atoms with Crippen molar-refractivity contribution in [3.63, 3.8) is 0 Å². The number of carbonyl (C=O) groups is 1. The van der Waals surface area contributed by atoms with Gasteiger partial charge in [-0.3, -0.25) is 4.79 Å². The minimum atomic E-state index is -0.267. The molecular formula is C6H8Br2O2. The van der Waals surface area contributed by atoms with Crippen molar-refractivity contribution in [1.82, 2.24) is 0 Å². The minimum Gasteiger partial charge on any atom is -0.461 e. The molecule has 4 heteroatoms. The molecule has 0 aliphatic carbocycles. The van der Waals surface area contributed by atoms with Crippen LogP contribution in [-0.2, 0) is 9.53 Å². The second-order valence-electron chi connectivity index (χ2n) is 1.54. The van der Waals surface area contributed by atoms with E-state index in [9.17, 15) is 4.79 Å². The first-order valence-electron chi connectivity index (χ1n) is 2.70. The van der Waals surface area contributed by atoms with Crippen molar-refractivity contribution < 1.29 is 9.53 Å². The molecule has 0 amide bonds. The van der Waals surface area contributed by atoms with Crippen LogP contribution in [0.5, 0.6) is 0 Å². The van der Waals surface area contributed by atoms with Gasteiger partial charge in [-0.1, -0.05) is 44.5 Å². The zero-order chi connectivity index (χ0) is 7.98. The zero-order valence-electron chi connectivity index (χ0n) is 5.35. The number of hydrogen-bond acceptors (Lipinski definition) is 2. The van der Waals surface area contributed by atoms with E-state index in [1.54, 1.807) is 0 Å². The number of esters is 1. The molecule has 0 aliphatic rings. The van der Waals surface area contributed by atoms with Gasteiger partial charge in [0.25, 0.3) is 0 Å². The van der Waals surface area contributed by atoms with Crippen LogP contribution in [-0.4, -0.2) is 22.7 Å². The maximum absolute atomic E-state index is 10.8. The van der Waals surface area contributed by atoms with E-state index in [1.807, 2.05) is 0 Å². The van der Waals surface area contributed by atoms with Crippen LogP contribution >= 0.6 is 31.9 Å². The number of ether oxygens (including phenoxy) is 1. The van der Waals surface area contributed by atoms with Crippen LogP contribution in [0.15, 0.2) is 12.7 Å². The molecule has 10 heavy (non-hydrogen) atoms. The standard InChI is InChI=1S/C6H8Br2O2/c1-2-3-10-6(9)5(8)4-7/h2,5H,1,3-4H2. The SMILES string of the molecule is C=CCOC(=O)C(Br)CBr. The third kappa shape index (κ3) is 4.06. The fraction of sp³-hybridized carbons (Fsp3) is 0.500. The molecule has 1 unspecified atom stereocenters. The molecule has 0 fully saturated rings. The maximum Gasteiger partial charge on any atom is 0.320 e. The topological polar surface area (TPSA) is 26.3 Å². The van der Waals surface area contributed by atoms with E-state index < -0.39 is 0 Å². The lowest BCUT2D eigenvalue weighted by Gasteiger charge is -2.03. The fourth-order valence-corrected chi connectivity index (χ4v) is 0.691. The van der Waals surface area contributed by atoms with Crippen LogP contribution in [0.25, 0.3) is 0 Å². The molecule has 1 atom stereocenters. The van der Waals surface area contributed by atoms with Gasteiger partial charge < -0.3 is 4.74 Å². The van der Waals surface area contributed by atoms with Crippen LogP contribution in [0.1, 0.15) is 0 Å². The largest absolute Gasteiger partial charge is 0.461 e. The molecule has 0 bridgehead atoms. The van der Waals surface area contributed by atoms with Gasteiger partial charge in [0.1, 0.15) is 11.4 Å². The van der Waals surface area contributed by atoms with E-state index in [4.69, 9.17) is 4.74 Å². The normalized spacial score (nSPS) is 12.2. The smallest absolute Gasteiger partial charge is 0.320 e. The molecule has 0 aromatic carbocycles. The number of carbonyl (C=O) groups excluding carboxylic acids is 1. The zero-order valence-corrected chi connectivity index (χ0v) is 8.52. The van der Waals surface area contributed by atoms with E-state index >= 15 is 0 Å². The summed E-state index contributed by atoms with van der Waals surface area (Å²) in [4.78, 5) is 10.5. The number of halogens is 2. The van der Waals surface area contributed by atoms with Crippen LogP contribution in [0.4, 0.5) is 0 Å². The first-order valence-corrected chi connectivity index (χ1v) is 4.73. The second kappa shape index (κ2) is 5.92.